The molecule has 0 saturated carbocycles. The van der Waals surface area contributed by atoms with Crippen molar-refractivity contribution in [3.05, 3.63) is 0 Å². The lowest BCUT2D eigenvalue weighted by Gasteiger charge is -2.21. The van der Waals surface area contributed by atoms with E-state index in [4.69, 9.17) is 37.0 Å². The number of rotatable bonds is 79. The third-order valence-corrected chi connectivity index (χ3v) is 21.3. The molecule has 0 fully saturated rings. The minimum absolute atomic E-state index is 0.107. The van der Waals surface area contributed by atoms with Crippen LogP contribution < -0.4 is 0 Å². The Hall–Kier alpha value is -1.94. The summed E-state index contributed by atoms with van der Waals surface area (Å²) in [6.45, 7) is 14.3. The Morgan fingerprint density at radius 2 is 0.475 bits per heavy atom. The molecule has 3 unspecified atom stereocenters. The van der Waals surface area contributed by atoms with E-state index in [9.17, 15) is 43.2 Å². The van der Waals surface area contributed by atoms with Crippen LogP contribution in [0.25, 0.3) is 0 Å². The highest BCUT2D eigenvalue weighted by atomic mass is 31.2. The van der Waals surface area contributed by atoms with E-state index in [0.717, 1.165) is 120 Å². The van der Waals surface area contributed by atoms with Gasteiger partial charge in [0, 0.05) is 25.7 Å². The van der Waals surface area contributed by atoms with Crippen LogP contribution in [-0.2, 0) is 65.4 Å². The molecule has 0 aromatic carbocycles. The Balaban J connectivity index is 5.23. The third kappa shape index (κ3) is 74.7. The first-order valence-electron chi connectivity index (χ1n) is 42.2. The summed E-state index contributed by atoms with van der Waals surface area (Å²) in [6, 6.07) is 0. The number of phosphoric acid groups is 2. The molecule has 19 heteroatoms. The van der Waals surface area contributed by atoms with Gasteiger partial charge < -0.3 is 33.8 Å². The fourth-order valence-corrected chi connectivity index (χ4v) is 14.2. The molecule has 0 heterocycles. The molecule has 0 radical (unpaired) electrons. The first-order chi connectivity index (χ1) is 48.6. The summed E-state index contributed by atoms with van der Waals surface area (Å²) in [7, 11) is -9.92. The minimum atomic E-state index is -4.96. The summed E-state index contributed by atoms with van der Waals surface area (Å²) in [5, 5.41) is 10.6. The molecule has 600 valence electrons. The highest BCUT2D eigenvalue weighted by Gasteiger charge is 2.30. The van der Waals surface area contributed by atoms with Gasteiger partial charge in [0.05, 0.1) is 26.4 Å². The average molecular weight is 1480 g/mol. The number of esters is 4. The van der Waals surface area contributed by atoms with Gasteiger partial charge in [0.1, 0.15) is 19.3 Å². The van der Waals surface area contributed by atoms with Gasteiger partial charge in [-0.1, -0.05) is 370 Å². The molecule has 0 aliphatic rings. The SMILES string of the molecule is CCC(C)CCCCCCCCC(=O)OC[C@H](COP(=O)(O)OC[C@H](O)COP(=O)(O)OC[C@@H](COC(=O)CCCCCCCCCCCCCC(C)C)OC(=O)CCCCCCCCCCCCCCCCCC(C)C)OC(=O)CCCCCCCCCCCCCCCCCCC(C)C. The monoisotopic (exact) mass is 1480 g/mol. The molecule has 0 bridgehead atoms. The van der Waals surface area contributed by atoms with E-state index in [1.165, 1.54) is 218 Å². The van der Waals surface area contributed by atoms with E-state index < -0.39 is 97.5 Å². The lowest BCUT2D eigenvalue weighted by atomic mass is 10.00. The van der Waals surface area contributed by atoms with E-state index >= 15 is 0 Å². The summed E-state index contributed by atoms with van der Waals surface area (Å²) < 4.78 is 68.8. The Morgan fingerprint density at radius 3 is 0.703 bits per heavy atom. The second kappa shape index (κ2) is 71.0. The zero-order chi connectivity index (χ0) is 74.6. The highest BCUT2D eigenvalue weighted by Crippen LogP contribution is 2.45. The van der Waals surface area contributed by atoms with Crippen molar-refractivity contribution in [2.24, 2.45) is 23.7 Å². The molecule has 17 nitrogen and oxygen atoms in total. The molecule has 0 aromatic rings. The number of carbonyl (C=O) groups excluding carboxylic acids is 4. The second-order valence-corrected chi connectivity index (χ2v) is 34.1. The highest BCUT2D eigenvalue weighted by molar-refractivity contribution is 7.47. The third-order valence-electron chi connectivity index (χ3n) is 19.4. The number of hydrogen-bond acceptors (Lipinski definition) is 15. The predicted octanol–water partition coefficient (Wildman–Crippen LogP) is 24.4. The average Bonchev–Trinajstić information content (AvgIpc) is 0.982. The zero-order valence-electron chi connectivity index (χ0n) is 66.5. The van der Waals surface area contributed by atoms with Crippen LogP contribution in [0, 0.1) is 23.7 Å². The minimum Gasteiger partial charge on any atom is -0.462 e. The molecule has 101 heavy (non-hydrogen) atoms. The van der Waals surface area contributed by atoms with E-state index in [0.29, 0.717) is 25.7 Å². The fraction of sp³-hybridized carbons (Fsp3) is 0.951. The van der Waals surface area contributed by atoms with Gasteiger partial charge in [-0.2, -0.15) is 0 Å². The molecule has 0 aliphatic heterocycles. The molecule has 0 aliphatic carbocycles. The van der Waals surface area contributed by atoms with E-state index in [1.54, 1.807) is 0 Å². The second-order valence-electron chi connectivity index (χ2n) is 31.2. The van der Waals surface area contributed by atoms with E-state index in [1.807, 2.05) is 0 Å². The standard InChI is InChI=1S/C82H160O17P2/c1-9-75(8)61-53-45-40-41-47-55-63-80(85)93-69-78(99-82(87)65-56-48-38-32-25-19-15-11-10-13-17-22-28-34-42-50-58-72(2)3)71-97-101(90,91)95-67-76(83)66-94-100(88,89)96-70-77(68-92-79(84)62-54-46-37-31-27-21-24-30-36-44-52-60-74(6)7)98-81(86)64-57-49-39-33-26-20-16-12-14-18-23-29-35-43-51-59-73(4)5/h72-78,83H,9-71H2,1-8H3,(H,88,89)(H,90,91)/t75?,76-,77-,78-/m1/s1. The summed E-state index contributed by atoms with van der Waals surface area (Å²) in [5.74, 6) is 1.00. The maximum absolute atomic E-state index is 13.1. The number of phosphoric ester groups is 2. The van der Waals surface area contributed by atoms with Gasteiger partial charge >= 0.3 is 39.5 Å². The zero-order valence-corrected chi connectivity index (χ0v) is 68.3. The van der Waals surface area contributed by atoms with Crippen LogP contribution in [0.3, 0.4) is 0 Å². The maximum atomic E-state index is 13.1. The maximum Gasteiger partial charge on any atom is 0.472 e. The Kier molecular flexibility index (Phi) is 69.6. The topological polar surface area (TPSA) is 237 Å². The molecular formula is C82H160O17P2. The van der Waals surface area contributed by atoms with Gasteiger partial charge in [0.2, 0.25) is 0 Å². The Bertz CT molecular complexity index is 1970. The molecule has 3 N–H and O–H groups in total. The van der Waals surface area contributed by atoms with Crippen molar-refractivity contribution in [1.82, 2.24) is 0 Å². The van der Waals surface area contributed by atoms with Gasteiger partial charge in [0.15, 0.2) is 12.2 Å². The van der Waals surface area contributed by atoms with Gasteiger partial charge in [-0.15, -0.1) is 0 Å². The molecule has 0 amide bonds. The first-order valence-corrected chi connectivity index (χ1v) is 45.2. The van der Waals surface area contributed by atoms with Crippen molar-refractivity contribution in [2.75, 3.05) is 39.6 Å². The van der Waals surface area contributed by atoms with Crippen LogP contribution in [0.15, 0.2) is 0 Å². The summed E-state index contributed by atoms with van der Waals surface area (Å²) in [6.07, 6.45) is 58.3. The van der Waals surface area contributed by atoms with Crippen LogP contribution in [0.5, 0.6) is 0 Å². The van der Waals surface area contributed by atoms with Crippen molar-refractivity contribution < 1.29 is 80.2 Å². The van der Waals surface area contributed by atoms with Gasteiger partial charge in [-0.05, 0) is 49.4 Å². The van der Waals surface area contributed by atoms with E-state index in [-0.39, 0.29) is 25.7 Å². The normalized spacial score (nSPS) is 14.3. The lowest BCUT2D eigenvalue weighted by Crippen LogP contribution is -2.30. The largest absolute Gasteiger partial charge is 0.472 e. The van der Waals surface area contributed by atoms with Crippen molar-refractivity contribution in [3.8, 4) is 0 Å². The van der Waals surface area contributed by atoms with Gasteiger partial charge in [0.25, 0.3) is 0 Å². The Labute approximate surface area is 619 Å². The van der Waals surface area contributed by atoms with Crippen LogP contribution in [-0.4, -0.2) is 96.7 Å². The number of unbranched alkanes of at least 4 members (excludes halogenated alkanes) is 44. The summed E-state index contributed by atoms with van der Waals surface area (Å²) in [4.78, 5) is 73.1. The fourth-order valence-electron chi connectivity index (χ4n) is 12.6. The van der Waals surface area contributed by atoms with Crippen LogP contribution in [0.4, 0.5) is 0 Å². The van der Waals surface area contributed by atoms with Crippen molar-refractivity contribution in [3.63, 3.8) is 0 Å². The molecule has 0 saturated heterocycles. The number of aliphatic hydroxyl groups is 1. The van der Waals surface area contributed by atoms with Gasteiger partial charge in [-0.25, -0.2) is 9.13 Å². The number of ether oxygens (including phenoxy) is 4. The predicted molar refractivity (Wildman–Crippen MR) is 414 cm³/mol. The van der Waals surface area contributed by atoms with Crippen LogP contribution in [0.1, 0.15) is 421 Å². The number of carbonyl (C=O) groups is 4. The molecule has 0 rings (SSSR count). The Morgan fingerprint density at radius 1 is 0.277 bits per heavy atom. The van der Waals surface area contributed by atoms with Crippen LogP contribution >= 0.6 is 15.6 Å². The molecule has 6 atom stereocenters. The summed E-state index contributed by atoms with van der Waals surface area (Å²) in [5.41, 5.74) is 0. The first kappa shape index (κ1) is 99.1. The summed E-state index contributed by atoms with van der Waals surface area (Å²) >= 11 is 0. The van der Waals surface area contributed by atoms with Gasteiger partial charge in [-0.3, -0.25) is 37.3 Å². The number of hydrogen-bond donors (Lipinski definition) is 3. The smallest absolute Gasteiger partial charge is 0.462 e. The van der Waals surface area contributed by atoms with Crippen molar-refractivity contribution in [2.45, 2.75) is 440 Å². The van der Waals surface area contributed by atoms with E-state index in [2.05, 4.69) is 55.4 Å². The molecular weight excluding hydrogens is 1320 g/mol. The quantitative estimate of drug-likeness (QED) is 0.0222. The van der Waals surface area contributed by atoms with Crippen LogP contribution in [0.2, 0.25) is 0 Å². The number of aliphatic hydroxyl groups excluding tert-OH is 1. The lowest BCUT2D eigenvalue weighted by molar-refractivity contribution is -0.161. The molecule has 0 spiro atoms. The van der Waals surface area contributed by atoms with Crippen molar-refractivity contribution >= 4 is 39.5 Å². The molecule has 0 aromatic heterocycles. The van der Waals surface area contributed by atoms with Crippen molar-refractivity contribution in [1.29, 1.82) is 0 Å².